The van der Waals surface area contributed by atoms with Gasteiger partial charge in [0.25, 0.3) is 0 Å². The predicted molar refractivity (Wildman–Crippen MR) is 69.1 cm³/mol. The van der Waals surface area contributed by atoms with E-state index in [0.717, 1.165) is 5.56 Å². The third-order valence-corrected chi connectivity index (χ3v) is 2.94. The summed E-state index contributed by atoms with van der Waals surface area (Å²) in [5.41, 5.74) is 0.881. The summed E-state index contributed by atoms with van der Waals surface area (Å²) in [6.45, 7) is 0.595. The molecular weight excluding hydrogens is 271 g/mol. The first-order valence-corrected chi connectivity index (χ1v) is 6.04. The summed E-state index contributed by atoms with van der Waals surface area (Å²) in [4.78, 5) is 3.90. The van der Waals surface area contributed by atoms with E-state index < -0.39 is 5.82 Å². The van der Waals surface area contributed by atoms with Crippen molar-refractivity contribution < 1.29 is 13.9 Å². The van der Waals surface area contributed by atoms with Crippen LogP contribution in [0, 0.1) is 5.82 Å². The quantitative estimate of drug-likeness (QED) is 0.937. The SMILES string of the molecule is Fc1cc(Cl)cnc1NCc1cccc2c1OCO2. The number of pyridine rings is 1. The molecule has 1 aliphatic heterocycles. The van der Waals surface area contributed by atoms with Crippen LogP contribution < -0.4 is 14.8 Å². The normalized spacial score (nSPS) is 12.5. The highest BCUT2D eigenvalue weighted by Gasteiger charge is 2.17. The molecule has 4 nitrogen and oxygen atoms in total. The summed E-state index contributed by atoms with van der Waals surface area (Å²) in [7, 11) is 0. The Balaban J connectivity index is 1.78. The van der Waals surface area contributed by atoms with Gasteiger partial charge in [-0.15, -0.1) is 0 Å². The van der Waals surface area contributed by atoms with Gasteiger partial charge in [0.05, 0.1) is 5.02 Å². The molecule has 0 fully saturated rings. The van der Waals surface area contributed by atoms with E-state index in [1.165, 1.54) is 12.3 Å². The highest BCUT2D eigenvalue weighted by molar-refractivity contribution is 6.30. The Bertz CT molecular complexity index is 622. The van der Waals surface area contributed by atoms with Crippen molar-refractivity contribution in [1.82, 2.24) is 4.98 Å². The maximum Gasteiger partial charge on any atom is 0.231 e. The number of aromatic nitrogens is 1. The molecule has 0 bridgehead atoms. The van der Waals surface area contributed by atoms with Gasteiger partial charge >= 0.3 is 0 Å². The van der Waals surface area contributed by atoms with E-state index in [1.54, 1.807) is 0 Å². The van der Waals surface area contributed by atoms with Gasteiger partial charge in [0.2, 0.25) is 6.79 Å². The van der Waals surface area contributed by atoms with Crippen molar-refractivity contribution in [3.63, 3.8) is 0 Å². The zero-order chi connectivity index (χ0) is 13.2. The van der Waals surface area contributed by atoms with Crippen molar-refractivity contribution in [2.24, 2.45) is 0 Å². The van der Waals surface area contributed by atoms with Crippen LogP contribution in [-0.2, 0) is 6.54 Å². The number of fused-ring (bicyclic) bond motifs is 1. The monoisotopic (exact) mass is 280 g/mol. The van der Waals surface area contributed by atoms with Crippen LogP contribution in [0.1, 0.15) is 5.56 Å². The molecule has 98 valence electrons. The Morgan fingerprint density at radius 2 is 2.26 bits per heavy atom. The second kappa shape index (κ2) is 4.93. The number of benzene rings is 1. The van der Waals surface area contributed by atoms with Crippen LogP contribution in [0.5, 0.6) is 11.5 Å². The van der Waals surface area contributed by atoms with Gasteiger partial charge in [-0.25, -0.2) is 9.37 Å². The molecule has 0 amide bonds. The topological polar surface area (TPSA) is 43.4 Å². The Labute approximate surface area is 114 Å². The fourth-order valence-corrected chi connectivity index (χ4v) is 2.00. The lowest BCUT2D eigenvalue weighted by molar-refractivity contribution is 0.173. The van der Waals surface area contributed by atoms with Crippen LogP contribution >= 0.6 is 11.6 Å². The maximum absolute atomic E-state index is 13.6. The van der Waals surface area contributed by atoms with Gasteiger partial charge in [0.15, 0.2) is 23.1 Å². The Morgan fingerprint density at radius 3 is 3.11 bits per heavy atom. The van der Waals surface area contributed by atoms with Gasteiger partial charge in [0.1, 0.15) is 0 Å². The summed E-state index contributed by atoms with van der Waals surface area (Å²) < 4.78 is 24.2. The van der Waals surface area contributed by atoms with E-state index in [9.17, 15) is 4.39 Å². The second-order valence-electron chi connectivity index (χ2n) is 3.99. The van der Waals surface area contributed by atoms with Gasteiger partial charge in [-0.05, 0) is 12.1 Å². The summed E-state index contributed by atoms with van der Waals surface area (Å²) >= 11 is 5.64. The zero-order valence-corrected chi connectivity index (χ0v) is 10.6. The highest BCUT2D eigenvalue weighted by atomic mass is 35.5. The smallest absolute Gasteiger partial charge is 0.231 e. The minimum Gasteiger partial charge on any atom is -0.454 e. The molecule has 1 N–H and O–H groups in total. The number of halogens is 2. The van der Waals surface area contributed by atoms with Crippen LogP contribution in [0.3, 0.4) is 0 Å². The largest absolute Gasteiger partial charge is 0.454 e. The van der Waals surface area contributed by atoms with Crippen molar-refractivity contribution in [3.05, 3.63) is 46.9 Å². The van der Waals surface area contributed by atoms with E-state index in [0.29, 0.717) is 18.0 Å². The number of nitrogens with zero attached hydrogens (tertiary/aromatic N) is 1. The molecule has 3 rings (SSSR count). The maximum atomic E-state index is 13.6. The number of hydrogen-bond acceptors (Lipinski definition) is 4. The van der Waals surface area contributed by atoms with Crippen LogP contribution in [0.4, 0.5) is 10.2 Å². The van der Waals surface area contributed by atoms with E-state index in [2.05, 4.69) is 10.3 Å². The highest BCUT2D eigenvalue weighted by Crippen LogP contribution is 2.35. The standard InChI is InChI=1S/C13H10ClFN2O2/c14-9-4-10(15)13(17-6-9)16-5-8-2-1-3-11-12(8)19-7-18-11/h1-4,6H,5,7H2,(H,16,17). The number of anilines is 1. The van der Waals surface area contributed by atoms with Crippen molar-refractivity contribution in [2.75, 3.05) is 12.1 Å². The summed E-state index contributed by atoms with van der Waals surface area (Å²) in [5.74, 6) is 1.05. The lowest BCUT2D eigenvalue weighted by Crippen LogP contribution is -2.04. The van der Waals surface area contributed by atoms with E-state index in [-0.39, 0.29) is 17.6 Å². The number of hydrogen-bond donors (Lipinski definition) is 1. The molecule has 1 aromatic carbocycles. The van der Waals surface area contributed by atoms with E-state index in [1.807, 2.05) is 18.2 Å². The van der Waals surface area contributed by atoms with Crippen molar-refractivity contribution >= 4 is 17.4 Å². The van der Waals surface area contributed by atoms with Gasteiger partial charge in [-0.1, -0.05) is 23.7 Å². The van der Waals surface area contributed by atoms with E-state index in [4.69, 9.17) is 21.1 Å². The molecule has 19 heavy (non-hydrogen) atoms. The molecule has 1 aliphatic rings. The molecule has 0 saturated heterocycles. The summed E-state index contributed by atoms with van der Waals surface area (Å²) in [5, 5.41) is 3.17. The molecule has 2 heterocycles. The first-order chi connectivity index (χ1) is 9.24. The molecule has 0 saturated carbocycles. The minimum absolute atomic E-state index is 0.154. The third-order valence-electron chi connectivity index (χ3n) is 2.73. The van der Waals surface area contributed by atoms with Gasteiger partial charge in [-0.2, -0.15) is 0 Å². The number of nitrogens with one attached hydrogen (secondary N) is 1. The van der Waals surface area contributed by atoms with Gasteiger partial charge in [0, 0.05) is 18.3 Å². The first kappa shape index (κ1) is 12.0. The minimum atomic E-state index is -0.489. The van der Waals surface area contributed by atoms with Crippen molar-refractivity contribution in [1.29, 1.82) is 0 Å². The van der Waals surface area contributed by atoms with Crippen molar-refractivity contribution in [3.8, 4) is 11.5 Å². The second-order valence-corrected chi connectivity index (χ2v) is 4.42. The molecule has 0 unspecified atom stereocenters. The lowest BCUT2D eigenvalue weighted by Gasteiger charge is -2.09. The average Bonchev–Trinajstić information content (AvgIpc) is 2.86. The Morgan fingerprint density at radius 1 is 1.37 bits per heavy atom. The van der Waals surface area contributed by atoms with Crippen LogP contribution in [0.25, 0.3) is 0 Å². The van der Waals surface area contributed by atoms with Gasteiger partial charge < -0.3 is 14.8 Å². The Hall–Kier alpha value is -2.01. The molecule has 0 aliphatic carbocycles. The Kier molecular flexibility index (Phi) is 3.13. The number of rotatable bonds is 3. The van der Waals surface area contributed by atoms with E-state index >= 15 is 0 Å². The molecule has 0 atom stereocenters. The molecule has 1 aromatic heterocycles. The van der Waals surface area contributed by atoms with Crippen molar-refractivity contribution in [2.45, 2.75) is 6.54 Å². The molecule has 0 spiro atoms. The van der Waals surface area contributed by atoms with Gasteiger partial charge in [-0.3, -0.25) is 0 Å². The summed E-state index contributed by atoms with van der Waals surface area (Å²) in [6, 6.07) is 6.78. The molecule has 6 heteroatoms. The summed E-state index contributed by atoms with van der Waals surface area (Å²) in [6.07, 6.45) is 1.39. The fraction of sp³-hybridized carbons (Fsp3) is 0.154. The van der Waals surface area contributed by atoms with Crippen LogP contribution in [-0.4, -0.2) is 11.8 Å². The van der Waals surface area contributed by atoms with Crippen LogP contribution in [0.2, 0.25) is 5.02 Å². The zero-order valence-electron chi connectivity index (χ0n) is 9.82. The lowest BCUT2D eigenvalue weighted by atomic mass is 10.2. The fourth-order valence-electron chi connectivity index (χ4n) is 1.85. The average molecular weight is 281 g/mol. The molecular formula is C13H10ClFN2O2. The predicted octanol–water partition coefficient (Wildman–Crippen LogP) is 3.21. The molecule has 0 radical (unpaired) electrons. The molecule has 2 aromatic rings. The van der Waals surface area contributed by atoms with Crippen LogP contribution in [0.15, 0.2) is 30.5 Å². The number of para-hydroxylation sites is 1. The first-order valence-electron chi connectivity index (χ1n) is 5.66. The number of ether oxygens (including phenoxy) is 2. The third kappa shape index (κ3) is 2.42.